The third-order valence-corrected chi connectivity index (χ3v) is 4.63. The highest BCUT2D eigenvalue weighted by Crippen LogP contribution is 2.37. The van der Waals surface area contributed by atoms with Crippen LogP contribution in [-0.2, 0) is 17.8 Å². The molecule has 1 aromatic carbocycles. The summed E-state index contributed by atoms with van der Waals surface area (Å²) < 4.78 is 18.5. The molecule has 1 aliphatic heterocycles. The van der Waals surface area contributed by atoms with Gasteiger partial charge in [-0.05, 0) is 24.1 Å². The Morgan fingerprint density at radius 2 is 2.04 bits per heavy atom. The number of benzene rings is 1. The van der Waals surface area contributed by atoms with Crippen LogP contribution in [0.25, 0.3) is 11.1 Å². The summed E-state index contributed by atoms with van der Waals surface area (Å²) in [5.41, 5.74) is 4.85. The van der Waals surface area contributed by atoms with Gasteiger partial charge in [0.15, 0.2) is 0 Å². The number of anilines is 1. The first-order valence-corrected chi connectivity index (χ1v) is 8.69. The minimum absolute atomic E-state index is 0.116. The minimum Gasteiger partial charge on any atom is -0.473 e. The second-order valence-electron chi connectivity index (χ2n) is 6.45. The molecule has 1 amide bonds. The highest BCUT2D eigenvalue weighted by Gasteiger charge is 2.24. The molecule has 136 valence electrons. The Hall–Kier alpha value is -3.28. The van der Waals surface area contributed by atoms with E-state index in [1.54, 1.807) is 17.3 Å². The first-order valence-electron chi connectivity index (χ1n) is 8.69. The van der Waals surface area contributed by atoms with Crippen LogP contribution < -0.4 is 9.64 Å². The van der Waals surface area contributed by atoms with E-state index in [2.05, 4.69) is 16.0 Å². The molecule has 0 fully saturated rings. The molecule has 4 rings (SSSR count). The Bertz CT molecular complexity index is 989. The van der Waals surface area contributed by atoms with Crippen LogP contribution in [0.4, 0.5) is 10.1 Å². The second-order valence-corrected chi connectivity index (χ2v) is 6.45. The molecule has 0 spiro atoms. The first-order chi connectivity index (χ1) is 13.1. The fourth-order valence-corrected chi connectivity index (χ4v) is 3.27. The highest BCUT2D eigenvalue weighted by molar-refractivity contribution is 6.00. The van der Waals surface area contributed by atoms with Gasteiger partial charge in [-0.3, -0.25) is 9.78 Å². The molecule has 0 saturated heterocycles. The smallest absolute Gasteiger partial charge is 0.227 e. The highest BCUT2D eigenvalue weighted by atomic mass is 19.1. The molecule has 2 aromatic heterocycles. The number of nitrogens with zero attached hydrogens (tertiary/aromatic N) is 3. The number of para-hydroxylation sites is 1. The number of aromatic nitrogens is 2. The van der Waals surface area contributed by atoms with Crippen molar-refractivity contribution in [2.75, 3.05) is 11.9 Å². The van der Waals surface area contributed by atoms with Crippen molar-refractivity contribution in [2.45, 2.75) is 19.4 Å². The molecular formula is C21H18FN3O2. The summed E-state index contributed by atoms with van der Waals surface area (Å²) in [5, 5.41) is 0. The van der Waals surface area contributed by atoms with Crippen molar-refractivity contribution < 1.29 is 13.9 Å². The molecule has 0 radical (unpaired) electrons. The summed E-state index contributed by atoms with van der Waals surface area (Å²) in [6.45, 7) is 0.267. The zero-order valence-electron chi connectivity index (χ0n) is 14.9. The number of ether oxygens (including phenoxy) is 1. The molecule has 0 atom stereocenters. The van der Waals surface area contributed by atoms with Crippen LogP contribution in [-0.4, -0.2) is 22.9 Å². The summed E-state index contributed by atoms with van der Waals surface area (Å²) >= 11 is 0. The lowest BCUT2D eigenvalue weighted by atomic mass is 9.94. The number of amides is 1. The summed E-state index contributed by atoms with van der Waals surface area (Å²) in [4.78, 5) is 22.1. The van der Waals surface area contributed by atoms with E-state index in [1.807, 2.05) is 25.2 Å². The zero-order chi connectivity index (χ0) is 18.8. The van der Waals surface area contributed by atoms with Gasteiger partial charge in [0.1, 0.15) is 12.4 Å². The fourth-order valence-electron chi connectivity index (χ4n) is 3.27. The van der Waals surface area contributed by atoms with Gasteiger partial charge in [-0.15, -0.1) is 0 Å². The average molecular weight is 363 g/mol. The van der Waals surface area contributed by atoms with Gasteiger partial charge in [0.05, 0.1) is 11.9 Å². The molecule has 0 aliphatic carbocycles. The van der Waals surface area contributed by atoms with E-state index in [0.717, 1.165) is 40.6 Å². The number of hydrogen-bond acceptors (Lipinski definition) is 4. The maximum atomic E-state index is 12.9. The van der Waals surface area contributed by atoms with Crippen LogP contribution in [0.2, 0.25) is 0 Å². The third-order valence-electron chi connectivity index (χ3n) is 4.63. The molecule has 6 heteroatoms. The maximum Gasteiger partial charge on any atom is 0.227 e. The number of rotatable bonds is 4. The van der Waals surface area contributed by atoms with Gasteiger partial charge < -0.3 is 9.64 Å². The van der Waals surface area contributed by atoms with Gasteiger partial charge in [0, 0.05) is 48.6 Å². The van der Waals surface area contributed by atoms with E-state index < -0.39 is 5.82 Å². The first kappa shape index (κ1) is 17.1. The Balaban J connectivity index is 1.62. The lowest BCUT2D eigenvalue weighted by Gasteiger charge is -2.28. The Kier molecular flexibility index (Phi) is 4.54. The molecule has 1 aliphatic rings. The third kappa shape index (κ3) is 3.51. The van der Waals surface area contributed by atoms with E-state index in [-0.39, 0.29) is 12.5 Å². The number of hydrogen-bond donors (Lipinski definition) is 0. The second kappa shape index (κ2) is 7.15. The molecule has 27 heavy (non-hydrogen) atoms. The molecular weight excluding hydrogens is 345 g/mol. The zero-order valence-corrected chi connectivity index (χ0v) is 14.9. The summed E-state index contributed by atoms with van der Waals surface area (Å²) in [5.74, 6) is 0.0625. The predicted octanol–water partition coefficient (Wildman–Crippen LogP) is 3.77. The summed E-state index contributed by atoms with van der Waals surface area (Å²) in [6, 6.07) is 10.8. The Morgan fingerprint density at radius 3 is 2.85 bits per heavy atom. The average Bonchev–Trinajstić information content (AvgIpc) is 2.70. The van der Waals surface area contributed by atoms with Crippen molar-refractivity contribution in [3.05, 3.63) is 71.9 Å². The van der Waals surface area contributed by atoms with E-state index in [4.69, 9.17) is 4.74 Å². The number of carbonyl (C=O) groups excluding carboxylic acids is 1. The Morgan fingerprint density at radius 1 is 1.15 bits per heavy atom. The van der Waals surface area contributed by atoms with E-state index >= 15 is 0 Å². The van der Waals surface area contributed by atoms with Gasteiger partial charge in [-0.1, -0.05) is 18.2 Å². The van der Waals surface area contributed by atoms with Gasteiger partial charge in [0.25, 0.3) is 0 Å². The fraction of sp³-hybridized carbons (Fsp3) is 0.190. The number of fused-ring (bicyclic) bond motifs is 1. The molecule has 5 nitrogen and oxygen atoms in total. The predicted molar refractivity (Wildman–Crippen MR) is 99.9 cm³/mol. The van der Waals surface area contributed by atoms with Crippen LogP contribution in [0.1, 0.15) is 17.5 Å². The number of pyridine rings is 2. The van der Waals surface area contributed by atoms with Crippen LogP contribution >= 0.6 is 0 Å². The minimum atomic E-state index is -0.404. The molecule has 0 saturated carbocycles. The van der Waals surface area contributed by atoms with E-state index in [0.29, 0.717) is 12.3 Å². The molecule has 3 heterocycles. The maximum absolute atomic E-state index is 12.9. The Labute approximate surface area is 156 Å². The van der Waals surface area contributed by atoms with Gasteiger partial charge in [-0.25, -0.2) is 9.37 Å². The van der Waals surface area contributed by atoms with Crippen molar-refractivity contribution in [1.29, 1.82) is 0 Å². The van der Waals surface area contributed by atoms with Crippen LogP contribution in [0, 0.1) is 5.82 Å². The molecule has 0 N–H and O–H groups in total. The van der Waals surface area contributed by atoms with Crippen molar-refractivity contribution in [3.8, 4) is 17.0 Å². The van der Waals surface area contributed by atoms with Crippen LogP contribution in [0.3, 0.4) is 0 Å². The van der Waals surface area contributed by atoms with Crippen molar-refractivity contribution in [2.24, 2.45) is 0 Å². The van der Waals surface area contributed by atoms with Crippen molar-refractivity contribution in [1.82, 2.24) is 9.97 Å². The van der Waals surface area contributed by atoms with E-state index in [1.165, 1.54) is 12.1 Å². The topological polar surface area (TPSA) is 55.3 Å². The van der Waals surface area contributed by atoms with Gasteiger partial charge >= 0.3 is 0 Å². The molecule has 0 unspecified atom stereocenters. The van der Waals surface area contributed by atoms with Crippen molar-refractivity contribution >= 4 is 11.6 Å². The van der Waals surface area contributed by atoms with E-state index in [9.17, 15) is 9.18 Å². The van der Waals surface area contributed by atoms with Gasteiger partial charge in [-0.2, -0.15) is 0 Å². The molecule has 0 bridgehead atoms. The van der Waals surface area contributed by atoms with Crippen molar-refractivity contribution in [3.63, 3.8) is 0 Å². The number of aryl methyl sites for hydroxylation is 1. The van der Waals surface area contributed by atoms with Gasteiger partial charge in [0.2, 0.25) is 11.8 Å². The normalized spacial score (nSPS) is 13.4. The standard InChI is InChI=1S/C21H18FN3O2/c1-25-20(26)8-5-15-3-2-4-18(21(15)25)16-9-14(10-23-11-16)13-27-19-7-6-17(22)12-24-19/h2-4,6-7,9-12H,5,8,13H2,1H3. The number of carbonyl (C=O) groups is 1. The van der Waals surface area contributed by atoms with Crippen LogP contribution in [0.5, 0.6) is 5.88 Å². The lowest BCUT2D eigenvalue weighted by molar-refractivity contribution is -0.118. The monoisotopic (exact) mass is 363 g/mol. The SMILES string of the molecule is CN1C(=O)CCc2cccc(-c3cncc(COc4ccc(F)cn4)c3)c21. The number of halogens is 1. The van der Waals surface area contributed by atoms with Crippen LogP contribution in [0.15, 0.2) is 55.0 Å². The summed E-state index contributed by atoms with van der Waals surface area (Å²) in [6.07, 6.45) is 5.90. The quantitative estimate of drug-likeness (QED) is 0.708. The lowest BCUT2D eigenvalue weighted by Crippen LogP contribution is -2.31. The largest absolute Gasteiger partial charge is 0.473 e. The molecule has 3 aromatic rings. The summed E-state index contributed by atoms with van der Waals surface area (Å²) in [7, 11) is 1.81.